The van der Waals surface area contributed by atoms with Crippen LogP contribution in [0.3, 0.4) is 0 Å². The van der Waals surface area contributed by atoms with Crippen molar-refractivity contribution in [1.82, 2.24) is 10.3 Å². The summed E-state index contributed by atoms with van der Waals surface area (Å²) in [5, 5.41) is 6.21. The molecule has 116 valence electrons. The molecule has 2 aromatic rings. The Morgan fingerprint density at radius 2 is 2.09 bits per heavy atom. The summed E-state index contributed by atoms with van der Waals surface area (Å²) >= 11 is 0. The Kier molecular flexibility index (Phi) is 5.95. The van der Waals surface area contributed by atoms with Crippen LogP contribution in [0.2, 0.25) is 0 Å². The highest BCUT2D eigenvalue weighted by Gasteiger charge is 2.06. The number of aryl methyl sites for hydroxylation is 1. The van der Waals surface area contributed by atoms with Crippen LogP contribution in [0, 0.1) is 6.92 Å². The number of benzene rings is 1. The molecule has 0 aliphatic rings. The van der Waals surface area contributed by atoms with Crippen molar-refractivity contribution in [3.05, 3.63) is 59.4 Å². The molecule has 0 fully saturated rings. The quantitative estimate of drug-likeness (QED) is 0.769. The molecular weight excluding hydrogens is 274 g/mol. The summed E-state index contributed by atoms with van der Waals surface area (Å²) in [4.78, 5) is 16.2. The van der Waals surface area contributed by atoms with Crippen molar-refractivity contribution in [3.8, 4) is 0 Å². The predicted octanol–water partition coefficient (Wildman–Crippen LogP) is 3.53. The van der Waals surface area contributed by atoms with Gasteiger partial charge in [-0.1, -0.05) is 43.2 Å². The number of nitrogens with one attached hydrogen (secondary N) is 2. The van der Waals surface area contributed by atoms with Crippen molar-refractivity contribution >= 4 is 11.6 Å². The lowest BCUT2D eigenvalue weighted by molar-refractivity contribution is 0.0953. The van der Waals surface area contributed by atoms with Gasteiger partial charge in [0.25, 0.3) is 5.91 Å². The Balaban J connectivity index is 1.95. The molecule has 2 N–H and O–H groups in total. The van der Waals surface area contributed by atoms with Gasteiger partial charge in [0.15, 0.2) is 0 Å². The lowest BCUT2D eigenvalue weighted by atomic mass is 10.1. The summed E-state index contributed by atoms with van der Waals surface area (Å²) < 4.78 is 0. The predicted molar refractivity (Wildman–Crippen MR) is 90.0 cm³/mol. The van der Waals surface area contributed by atoms with Gasteiger partial charge in [0.2, 0.25) is 0 Å². The smallest absolute Gasteiger partial charge is 0.252 e. The van der Waals surface area contributed by atoms with Gasteiger partial charge in [-0.25, -0.2) is 0 Å². The molecule has 0 aliphatic carbocycles. The number of aromatic nitrogens is 1. The van der Waals surface area contributed by atoms with Gasteiger partial charge in [-0.15, -0.1) is 0 Å². The maximum atomic E-state index is 12.0. The zero-order chi connectivity index (χ0) is 15.8. The van der Waals surface area contributed by atoms with Gasteiger partial charge in [-0.05, 0) is 25.0 Å². The Morgan fingerprint density at radius 3 is 2.86 bits per heavy atom. The number of rotatable bonds is 7. The maximum Gasteiger partial charge on any atom is 0.252 e. The number of nitrogens with zero attached hydrogens (tertiary/aromatic N) is 1. The number of hydrogen-bond donors (Lipinski definition) is 2. The lowest BCUT2D eigenvalue weighted by Crippen LogP contribution is -2.24. The third-order valence-electron chi connectivity index (χ3n) is 3.40. The molecule has 0 saturated heterocycles. The monoisotopic (exact) mass is 297 g/mol. The summed E-state index contributed by atoms with van der Waals surface area (Å²) in [5.41, 5.74) is 3.88. The zero-order valence-corrected chi connectivity index (χ0v) is 13.2. The van der Waals surface area contributed by atoms with Gasteiger partial charge < -0.3 is 10.6 Å². The summed E-state index contributed by atoms with van der Waals surface area (Å²) in [7, 11) is 0. The highest BCUT2D eigenvalue weighted by molar-refractivity contribution is 5.94. The molecule has 1 amide bonds. The molecule has 2 rings (SSSR count). The van der Waals surface area contributed by atoms with Gasteiger partial charge in [0.1, 0.15) is 0 Å². The van der Waals surface area contributed by atoms with E-state index in [9.17, 15) is 4.79 Å². The Labute approximate surface area is 132 Å². The van der Waals surface area contributed by atoms with Crippen molar-refractivity contribution in [3.63, 3.8) is 0 Å². The summed E-state index contributed by atoms with van der Waals surface area (Å²) in [6.45, 7) is 5.59. The standard InChI is InChI=1S/C18H23N3O/c1-3-4-8-20-18(22)16-10-17(13-19-12-16)21-11-15-7-5-6-14(2)9-15/h5-7,9-10,12-13,21H,3-4,8,11H2,1-2H3,(H,20,22). The zero-order valence-electron chi connectivity index (χ0n) is 13.2. The third-order valence-corrected chi connectivity index (χ3v) is 3.40. The number of hydrogen-bond acceptors (Lipinski definition) is 3. The van der Waals surface area contributed by atoms with E-state index in [4.69, 9.17) is 0 Å². The largest absolute Gasteiger partial charge is 0.380 e. The second kappa shape index (κ2) is 8.17. The Morgan fingerprint density at radius 1 is 1.23 bits per heavy atom. The lowest BCUT2D eigenvalue weighted by Gasteiger charge is -2.09. The van der Waals surface area contributed by atoms with Crippen molar-refractivity contribution < 1.29 is 4.79 Å². The molecule has 0 radical (unpaired) electrons. The van der Waals surface area contributed by atoms with Gasteiger partial charge in [-0.2, -0.15) is 0 Å². The van der Waals surface area contributed by atoms with Crippen LogP contribution < -0.4 is 10.6 Å². The molecule has 0 aliphatic heterocycles. The molecule has 0 unspecified atom stereocenters. The Hall–Kier alpha value is -2.36. The molecule has 0 saturated carbocycles. The normalized spacial score (nSPS) is 10.3. The van der Waals surface area contributed by atoms with Gasteiger partial charge in [-0.3, -0.25) is 9.78 Å². The number of anilines is 1. The topological polar surface area (TPSA) is 54.0 Å². The van der Waals surface area contributed by atoms with Crippen LogP contribution in [0.15, 0.2) is 42.7 Å². The first-order valence-electron chi connectivity index (χ1n) is 7.71. The van der Waals surface area contributed by atoms with E-state index in [1.54, 1.807) is 12.4 Å². The number of unbranched alkanes of at least 4 members (excludes halogenated alkanes) is 1. The first kappa shape index (κ1) is 16.0. The number of carbonyl (C=O) groups excluding carboxylic acids is 1. The fraction of sp³-hybridized carbons (Fsp3) is 0.333. The van der Waals surface area contributed by atoms with E-state index in [0.29, 0.717) is 18.7 Å². The van der Waals surface area contributed by atoms with Crippen LogP contribution in [-0.2, 0) is 6.54 Å². The molecular formula is C18H23N3O. The fourth-order valence-corrected chi connectivity index (χ4v) is 2.17. The van der Waals surface area contributed by atoms with E-state index in [0.717, 1.165) is 18.5 Å². The van der Waals surface area contributed by atoms with Crippen molar-refractivity contribution in [2.24, 2.45) is 0 Å². The molecule has 22 heavy (non-hydrogen) atoms. The van der Waals surface area contributed by atoms with Crippen LogP contribution >= 0.6 is 0 Å². The third kappa shape index (κ3) is 4.88. The van der Waals surface area contributed by atoms with Gasteiger partial charge >= 0.3 is 0 Å². The van der Waals surface area contributed by atoms with E-state index in [1.165, 1.54) is 11.1 Å². The van der Waals surface area contributed by atoms with E-state index < -0.39 is 0 Å². The molecule has 4 nitrogen and oxygen atoms in total. The van der Waals surface area contributed by atoms with E-state index >= 15 is 0 Å². The van der Waals surface area contributed by atoms with Crippen molar-refractivity contribution in [2.45, 2.75) is 33.2 Å². The summed E-state index contributed by atoms with van der Waals surface area (Å²) in [5.74, 6) is -0.0693. The van der Waals surface area contributed by atoms with E-state index in [1.807, 2.05) is 12.1 Å². The number of pyridine rings is 1. The molecule has 1 heterocycles. The van der Waals surface area contributed by atoms with Crippen molar-refractivity contribution in [1.29, 1.82) is 0 Å². The maximum absolute atomic E-state index is 12.0. The highest BCUT2D eigenvalue weighted by Crippen LogP contribution is 2.11. The number of amides is 1. The minimum absolute atomic E-state index is 0.0693. The van der Waals surface area contributed by atoms with Gasteiger partial charge in [0.05, 0.1) is 11.3 Å². The second-order valence-corrected chi connectivity index (χ2v) is 5.41. The average molecular weight is 297 g/mol. The summed E-state index contributed by atoms with van der Waals surface area (Å²) in [6, 6.07) is 10.2. The van der Waals surface area contributed by atoms with Crippen LogP contribution in [0.4, 0.5) is 5.69 Å². The van der Waals surface area contributed by atoms with Crippen molar-refractivity contribution in [2.75, 3.05) is 11.9 Å². The molecule has 4 heteroatoms. The first-order chi connectivity index (χ1) is 10.7. The van der Waals surface area contributed by atoms with Crippen LogP contribution in [0.5, 0.6) is 0 Å². The van der Waals surface area contributed by atoms with E-state index in [2.05, 4.69) is 47.7 Å². The van der Waals surface area contributed by atoms with Gasteiger partial charge in [0, 0.05) is 25.5 Å². The van der Waals surface area contributed by atoms with Crippen LogP contribution in [0.25, 0.3) is 0 Å². The van der Waals surface area contributed by atoms with Crippen LogP contribution in [0.1, 0.15) is 41.3 Å². The highest BCUT2D eigenvalue weighted by atomic mass is 16.1. The number of carbonyl (C=O) groups is 1. The molecule has 0 bridgehead atoms. The molecule has 1 aromatic heterocycles. The molecule has 1 aromatic carbocycles. The minimum atomic E-state index is -0.0693. The first-order valence-corrected chi connectivity index (χ1v) is 7.71. The second-order valence-electron chi connectivity index (χ2n) is 5.41. The molecule has 0 spiro atoms. The van der Waals surface area contributed by atoms with Crippen LogP contribution in [-0.4, -0.2) is 17.4 Å². The Bertz CT molecular complexity index is 625. The average Bonchev–Trinajstić information content (AvgIpc) is 2.53. The SMILES string of the molecule is CCCCNC(=O)c1cncc(NCc2cccc(C)c2)c1. The minimum Gasteiger partial charge on any atom is -0.380 e. The fourth-order valence-electron chi connectivity index (χ4n) is 2.17. The summed E-state index contributed by atoms with van der Waals surface area (Å²) in [6.07, 6.45) is 5.39. The molecule has 0 atom stereocenters. The van der Waals surface area contributed by atoms with E-state index in [-0.39, 0.29) is 5.91 Å².